The van der Waals surface area contributed by atoms with Gasteiger partial charge in [-0.25, -0.2) is 17.2 Å². The van der Waals surface area contributed by atoms with Gasteiger partial charge < -0.3 is 5.32 Å². The van der Waals surface area contributed by atoms with Crippen LogP contribution in [0.5, 0.6) is 0 Å². The van der Waals surface area contributed by atoms with Crippen LogP contribution in [0.2, 0.25) is 0 Å². The lowest BCUT2D eigenvalue weighted by Crippen LogP contribution is -2.18. The minimum Gasteiger partial charge on any atom is -0.351 e. The summed E-state index contributed by atoms with van der Waals surface area (Å²) in [4.78, 5) is 0. The molecule has 0 unspecified atom stereocenters. The molecule has 2 rings (SSSR count). The van der Waals surface area contributed by atoms with Crippen LogP contribution in [0, 0.1) is 22.1 Å². The third-order valence-corrected chi connectivity index (χ3v) is 5.60. The molecule has 4 nitrogen and oxygen atoms in total. The summed E-state index contributed by atoms with van der Waals surface area (Å²) in [6.07, 6.45) is 1.20. The van der Waals surface area contributed by atoms with Gasteiger partial charge in [-0.15, -0.1) is 0 Å². The molecule has 0 atom stereocenters. The number of hydrogen-bond acceptors (Lipinski definition) is 3. The molecule has 0 fully saturated rings. The predicted octanol–water partition coefficient (Wildman–Crippen LogP) is 5.16. The fourth-order valence-corrected chi connectivity index (χ4v) is 4.14. The molecular formula is C17H19F2IN2O2S. The number of unbranched alkanes of at least 4 members (excludes halogenated alkanes) is 1. The van der Waals surface area contributed by atoms with E-state index in [1.165, 1.54) is 6.07 Å². The standard InChI is InChI=1S/C17H19F2IN2O2S/c1-3-4-9-25(23,24)22-15-8-6-13(18)16(19)17(15)21-14-7-5-12(20)10-11(14)2/h5-8,10,21-22H,3-4,9H2,1-2H3. The number of anilines is 3. The van der Waals surface area contributed by atoms with E-state index >= 15 is 0 Å². The van der Waals surface area contributed by atoms with E-state index in [-0.39, 0.29) is 17.1 Å². The highest BCUT2D eigenvalue weighted by atomic mass is 127. The van der Waals surface area contributed by atoms with Gasteiger partial charge >= 0.3 is 0 Å². The Balaban J connectivity index is 2.40. The van der Waals surface area contributed by atoms with Crippen molar-refractivity contribution in [3.05, 3.63) is 51.1 Å². The third-order valence-electron chi connectivity index (χ3n) is 3.58. The quantitative estimate of drug-likeness (QED) is 0.539. The fourth-order valence-electron chi connectivity index (χ4n) is 2.21. The normalized spacial score (nSPS) is 11.4. The van der Waals surface area contributed by atoms with Crippen molar-refractivity contribution in [1.29, 1.82) is 0 Å². The molecular weight excluding hydrogens is 461 g/mol. The number of aryl methyl sites for hydroxylation is 1. The Morgan fingerprint density at radius 2 is 1.80 bits per heavy atom. The molecule has 0 heterocycles. The van der Waals surface area contributed by atoms with Crippen LogP contribution >= 0.6 is 22.6 Å². The lowest BCUT2D eigenvalue weighted by atomic mass is 10.2. The summed E-state index contributed by atoms with van der Waals surface area (Å²) in [6, 6.07) is 7.55. The van der Waals surface area contributed by atoms with Crippen LogP contribution in [0.4, 0.5) is 25.8 Å². The maximum atomic E-state index is 14.3. The molecule has 0 amide bonds. The van der Waals surface area contributed by atoms with Crippen LogP contribution in [0.25, 0.3) is 0 Å². The largest absolute Gasteiger partial charge is 0.351 e. The van der Waals surface area contributed by atoms with Crippen LogP contribution in [0.15, 0.2) is 30.3 Å². The Labute approximate surface area is 160 Å². The minimum atomic E-state index is -3.64. The molecule has 0 aliphatic heterocycles. The number of sulfonamides is 1. The number of benzene rings is 2. The first-order valence-electron chi connectivity index (χ1n) is 7.75. The van der Waals surface area contributed by atoms with Gasteiger partial charge in [0.25, 0.3) is 0 Å². The van der Waals surface area contributed by atoms with Crippen molar-refractivity contribution in [2.75, 3.05) is 15.8 Å². The number of nitrogens with one attached hydrogen (secondary N) is 2. The van der Waals surface area contributed by atoms with E-state index < -0.39 is 21.7 Å². The summed E-state index contributed by atoms with van der Waals surface area (Å²) < 4.78 is 55.6. The summed E-state index contributed by atoms with van der Waals surface area (Å²) in [7, 11) is -3.64. The highest BCUT2D eigenvalue weighted by Gasteiger charge is 2.19. The Morgan fingerprint density at radius 3 is 2.44 bits per heavy atom. The van der Waals surface area contributed by atoms with Gasteiger partial charge in [-0.05, 0) is 71.8 Å². The van der Waals surface area contributed by atoms with Crippen molar-refractivity contribution in [3.8, 4) is 0 Å². The van der Waals surface area contributed by atoms with E-state index in [4.69, 9.17) is 0 Å². The molecule has 2 aromatic rings. The molecule has 0 saturated heterocycles. The molecule has 2 N–H and O–H groups in total. The first-order chi connectivity index (χ1) is 11.7. The minimum absolute atomic E-state index is 0.0204. The second-order valence-electron chi connectivity index (χ2n) is 5.64. The fraction of sp³-hybridized carbons (Fsp3) is 0.294. The SMILES string of the molecule is CCCCS(=O)(=O)Nc1ccc(F)c(F)c1Nc1ccc(I)cc1C. The zero-order chi connectivity index (χ0) is 18.6. The van der Waals surface area contributed by atoms with E-state index in [0.717, 1.165) is 15.2 Å². The summed E-state index contributed by atoms with van der Waals surface area (Å²) in [5.41, 5.74) is 1.15. The van der Waals surface area contributed by atoms with Crippen molar-refractivity contribution in [1.82, 2.24) is 0 Å². The number of hydrogen-bond donors (Lipinski definition) is 2. The molecule has 0 aromatic heterocycles. The Bertz CT molecular complexity index is 873. The zero-order valence-electron chi connectivity index (χ0n) is 13.9. The Hall–Kier alpha value is -1.42. The summed E-state index contributed by atoms with van der Waals surface area (Å²) in [5.74, 6) is -2.26. The smallest absolute Gasteiger partial charge is 0.232 e. The van der Waals surface area contributed by atoms with E-state index in [1.807, 2.05) is 26.0 Å². The van der Waals surface area contributed by atoms with Crippen LogP contribution in [0.3, 0.4) is 0 Å². The van der Waals surface area contributed by atoms with E-state index in [9.17, 15) is 17.2 Å². The molecule has 0 spiro atoms. The molecule has 0 aliphatic carbocycles. The molecule has 2 aromatic carbocycles. The van der Waals surface area contributed by atoms with Gasteiger partial charge in [-0.1, -0.05) is 13.3 Å². The Morgan fingerprint density at radius 1 is 1.12 bits per heavy atom. The maximum Gasteiger partial charge on any atom is 0.232 e. The average Bonchev–Trinajstić information content (AvgIpc) is 2.54. The first-order valence-corrected chi connectivity index (χ1v) is 10.5. The monoisotopic (exact) mass is 480 g/mol. The maximum absolute atomic E-state index is 14.3. The molecule has 0 aliphatic rings. The third kappa shape index (κ3) is 5.27. The van der Waals surface area contributed by atoms with Crippen molar-refractivity contribution in [3.63, 3.8) is 0 Å². The number of halogens is 3. The van der Waals surface area contributed by atoms with Crippen molar-refractivity contribution in [2.24, 2.45) is 0 Å². The van der Waals surface area contributed by atoms with Crippen molar-refractivity contribution in [2.45, 2.75) is 26.7 Å². The van der Waals surface area contributed by atoms with Crippen LogP contribution < -0.4 is 10.0 Å². The summed E-state index contributed by atoms with van der Waals surface area (Å²) >= 11 is 2.15. The van der Waals surface area contributed by atoms with Gasteiger partial charge in [-0.2, -0.15) is 0 Å². The molecule has 0 radical (unpaired) electrons. The highest BCUT2D eigenvalue weighted by Crippen LogP contribution is 2.32. The van der Waals surface area contributed by atoms with Gasteiger partial charge in [0.2, 0.25) is 10.0 Å². The highest BCUT2D eigenvalue weighted by molar-refractivity contribution is 14.1. The predicted molar refractivity (Wildman–Crippen MR) is 106 cm³/mol. The second-order valence-corrected chi connectivity index (χ2v) is 8.73. The van der Waals surface area contributed by atoms with Gasteiger partial charge in [0.05, 0.1) is 11.4 Å². The first kappa shape index (κ1) is 19.9. The van der Waals surface area contributed by atoms with E-state index in [1.54, 1.807) is 6.07 Å². The van der Waals surface area contributed by atoms with Crippen LogP contribution in [-0.4, -0.2) is 14.2 Å². The molecule has 25 heavy (non-hydrogen) atoms. The van der Waals surface area contributed by atoms with Crippen molar-refractivity contribution < 1.29 is 17.2 Å². The zero-order valence-corrected chi connectivity index (χ0v) is 16.8. The molecule has 0 saturated carbocycles. The van der Waals surface area contributed by atoms with Gasteiger partial charge in [0.1, 0.15) is 5.69 Å². The topological polar surface area (TPSA) is 58.2 Å². The molecule has 8 heteroatoms. The van der Waals surface area contributed by atoms with E-state index in [2.05, 4.69) is 32.6 Å². The molecule has 0 bridgehead atoms. The lowest BCUT2D eigenvalue weighted by molar-refractivity contribution is 0.512. The van der Waals surface area contributed by atoms with Crippen LogP contribution in [-0.2, 0) is 10.0 Å². The molecule has 136 valence electrons. The summed E-state index contributed by atoms with van der Waals surface area (Å²) in [6.45, 7) is 3.70. The second kappa shape index (κ2) is 8.31. The number of rotatable bonds is 7. The average molecular weight is 480 g/mol. The Kier molecular flexibility index (Phi) is 6.61. The lowest BCUT2D eigenvalue weighted by Gasteiger charge is -2.17. The summed E-state index contributed by atoms with van der Waals surface area (Å²) in [5, 5.41) is 2.81. The van der Waals surface area contributed by atoms with Gasteiger partial charge in [0.15, 0.2) is 11.6 Å². The van der Waals surface area contributed by atoms with Gasteiger partial charge in [-0.3, -0.25) is 4.72 Å². The van der Waals surface area contributed by atoms with E-state index in [0.29, 0.717) is 18.5 Å². The van der Waals surface area contributed by atoms with Crippen molar-refractivity contribution >= 4 is 49.7 Å². The van der Waals surface area contributed by atoms with Crippen LogP contribution in [0.1, 0.15) is 25.3 Å². The van der Waals surface area contributed by atoms with Gasteiger partial charge in [0, 0.05) is 9.26 Å².